The van der Waals surface area contributed by atoms with E-state index in [0.29, 0.717) is 17.9 Å². The number of nitrogens with zero attached hydrogens (tertiary/aromatic N) is 2. The molecular weight excluding hydrogens is 402 g/mol. The lowest BCUT2D eigenvalue weighted by Crippen LogP contribution is -2.40. The number of fused-ring (bicyclic) bond motifs is 1. The molecule has 2 aromatic rings. The van der Waals surface area contributed by atoms with E-state index in [1.165, 1.54) is 12.6 Å². The summed E-state index contributed by atoms with van der Waals surface area (Å²) in [6, 6.07) is 6.04. The molecule has 2 aliphatic rings. The van der Waals surface area contributed by atoms with Crippen LogP contribution in [0.5, 0.6) is 0 Å². The molecule has 0 radical (unpaired) electrons. The van der Waals surface area contributed by atoms with Gasteiger partial charge in [-0.3, -0.25) is 9.59 Å². The Hall–Kier alpha value is -3.09. The molecule has 0 aromatic carbocycles. The van der Waals surface area contributed by atoms with Crippen molar-refractivity contribution >= 4 is 23.3 Å². The van der Waals surface area contributed by atoms with Crippen molar-refractivity contribution in [2.45, 2.75) is 65.5 Å². The molecule has 0 saturated heterocycles. The van der Waals surface area contributed by atoms with Crippen molar-refractivity contribution in [3.8, 4) is 11.1 Å². The summed E-state index contributed by atoms with van der Waals surface area (Å²) < 4.78 is 2.26. The van der Waals surface area contributed by atoms with Gasteiger partial charge < -0.3 is 20.9 Å². The summed E-state index contributed by atoms with van der Waals surface area (Å²) in [7, 11) is 0. The zero-order valence-corrected chi connectivity index (χ0v) is 19.2. The fraction of sp³-hybridized carbons (Fsp3) is 0.480. The highest BCUT2D eigenvalue weighted by molar-refractivity contribution is 5.92. The lowest BCUT2D eigenvalue weighted by molar-refractivity contribution is -0.123. The summed E-state index contributed by atoms with van der Waals surface area (Å²) in [5.74, 6) is 0.328. The van der Waals surface area contributed by atoms with Crippen LogP contribution in [-0.4, -0.2) is 27.4 Å². The van der Waals surface area contributed by atoms with Gasteiger partial charge in [0.15, 0.2) is 0 Å². The first-order chi connectivity index (χ1) is 15.1. The van der Waals surface area contributed by atoms with E-state index >= 15 is 0 Å². The average molecular weight is 436 g/mol. The molecule has 0 spiro atoms. The maximum Gasteiger partial charge on any atom is 0.228 e. The summed E-state index contributed by atoms with van der Waals surface area (Å²) in [6.45, 7) is 10.9. The minimum absolute atomic E-state index is 0.0380. The van der Waals surface area contributed by atoms with Gasteiger partial charge in [-0.1, -0.05) is 26.8 Å². The molecule has 170 valence electrons. The second-order valence-corrected chi connectivity index (χ2v) is 10.0. The Morgan fingerprint density at radius 2 is 2.06 bits per heavy atom. The fourth-order valence-corrected chi connectivity index (χ4v) is 5.15. The van der Waals surface area contributed by atoms with Crippen molar-refractivity contribution < 1.29 is 9.59 Å². The lowest BCUT2D eigenvalue weighted by Gasteiger charge is -2.28. The standard InChI is InChI=1S/C25H33N5O2/c1-15(26)21-12-20(22-13-25(3,4)14-30(21)22)17-8-9-27-23(11-17)29-24(32)18-6-5-7-19(10-18)28-16(2)31/h8-9,11-12,18-19H,1,5-7,10,13-14,26H2,2-4H3,(H,28,31)(H,27,29,32)/t18-,19+/m0/s1. The van der Waals surface area contributed by atoms with Gasteiger partial charge in [-0.15, -0.1) is 0 Å². The summed E-state index contributed by atoms with van der Waals surface area (Å²) in [4.78, 5) is 28.7. The van der Waals surface area contributed by atoms with Crippen LogP contribution in [0.15, 0.2) is 31.0 Å². The first kappa shape index (κ1) is 22.1. The van der Waals surface area contributed by atoms with E-state index in [9.17, 15) is 9.59 Å². The molecule has 2 aromatic heterocycles. The molecule has 1 aliphatic carbocycles. The number of carbonyl (C=O) groups is 2. The minimum atomic E-state index is -0.127. The molecule has 4 N–H and O–H groups in total. The molecule has 2 atom stereocenters. The highest BCUT2D eigenvalue weighted by atomic mass is 16.2. The van der Waals surface area contributed by atoms with E-state index in [1.807, 2.05) is 12.1 Å². The van der Waals surface area contributed by atoms with Crippen molar-refractivity contribution in [2.24, 2.45) is 17.1 Å². The number of amides is 2. The summed E-state index contributed by atoms with van der Waals surface area (Å²) >= 11 is 0. The second-order valence-electron chi connectivity index (χ2n) is 10.0. The smallest absolute Gasteiger partial charge is 0.228 e. The van der Waals surface area contributed by atoms with Crippen LogP contribution in [0.3, 0.4) is 0 Å². The number of nitrogens with two attached hydrogens (primary N) is 1. The Bertz CT molecular complexity index is 1070. The number of hydrogen-bond acceptors (Lipinski definition) is 4. The van der Waals surface area contributed by atoms with Crippen LogP contribution in [0.2, 0.25) is 0 Å². The van der Waals surface area contributed by atoms with Gasteiger partial charge in [0.05, 0.1) is 5.69 Å². The molecule has 3 heterocycles. The minimum Gasteiger partial charge on any atom is -0.398 e. The van der Waals surface area contributed by atoms with Crippen molar-refractivity contribution in [1.29, 1.82) is 0 Å². The van der Waals surface area contributed by atoms with Gasteiger partial charge in [0.1, 0.15) is 5.82 Å². The molecule has 2 amide bonds. The molecule has 7 nitrogen and oxygen atoms in total. The number of nitrogens with one attached hydrogen (secondary N) is 2. The zero-order chi connectivity index (χ0) is 23.0. The van der Waals surface area contributed by atoms with Crippen LogP contribution < -0.4 is 16.4 Å². The third-order valence-electron chi connectivity index (χ3n) is 6.54. The van der Waals surface area contributed by atoms with Crippen LogP contribution in [0.25, 0.3) is 16.8 Å². The summed E-state index contributed by atoms with van der Waals surface area (Å²) in [5.41, 5.74) is 11.1. The van der Waals surface area contributed by atoms with Gasteiger partial charge in [0.2, 0.25) is 11.8 Å². The van der Waals surface area contributed by atoms with Crippen LogP contribution >= 0.6 is 0 Å². The van der Waals surface area contributed by atoms with Crippen molar-refractivity contribution in [1.82, 2.24) is 14.9 Å². The molecule has 1 aliphatic heterocycles. The maximum absolute atomic E-state index is 12.9. The molecule has 7 heteroatoms. The molecular formula is C25H33N5O2. The Morgan fingerprint density at radius 1 is 1.28 bits per heavy atom. The van der Waals surface area contributed by atoms with Crippen LogP contribution in [0, 0.1) is 11.3 Å². The number of anilines is 1. The van der Waals surface area contributed by atoms with Crippen molar-refractivity contribution in [2.75, 3.05) is 5.32 Å². The number of pyridine rings is 1. The Kier molecular flexibility index (Phi) is 5.84. The maximum atomic E-state index is 12.9. The Balaban J connectivity index is 1.54. The van der Waals surface area contributed by atoms with Gasteiger partial charge in [-0.05, 0) is 54.9 Å². The first-order valence-corrected chi connectivity index (χ1v) is 11.3. The normalized spacial score (nSPS) is 21.6. The fourth-order valence-electron chi connectivity index (χ4n) is 5.15. The van der Waals surface area contributed by atoms with Crippen LogP contribution in [-0.2, 0) is 22.6 Å². The van der Waals surface area contributed by atoms with Gasteiger partial charge in [-0.2, -0.15) is 0 Å². The van der Waals surface area contributed by atoms with E-state index < -0.39 is 0 Å². The molecule has 1 fully saturated rings. The number of hydrogen-bond donors (Lipinski definition) is 3. The zero-order valence-electron chi connectivity index (χ0n) is 19.2. The molecule has 32 heavy (non-hydrogen) atoms. The molecule has 0 unspecified atom stereocenters. The van der Waals surface area contributed by atoms with E-state index in [2.05, 4.69) is 46.7 Å². The van der Waals surface area contributed by atoms with E-state index in [4.69, 9.17) is 5.73 Å². The van der Waals surface area contributed by atoms with Gasteiger partial charge in [0, 0.05) is 48.6 Å². The van der Waals surface area contributed by atoms with Crippen molar-refractivity contribution in [3.05, 3.63) is 42.4 Å². The highest BCUT2D eigenvalue weighted by Gasteiger charge is 2.33. The van der Waals surface area contributed by atoms with Gasteiger partial charge >= 0.3 is 0 Å². The summed E-state index contributed by atoms with van der Waals surface area (Å²) in [5, 5.41) is 5.95. The van der Waals surface area contributed by atoms with Crippen molar-refractivity contribution in [3.63, 3.8) is 0 Å². The molecule has 4 rings (SSSR count). The van der Waals surface area contributed by atoms with Gasteiger partial charge in [0.25, 0.3) is 0 Å². The summed E-state index contributed by atoms with van der Waals surface area (Å²) in [6.07, 6.45) is 6.01. The predicted octanol–water partition coefficient (Wildman–Crippen LogP) is 3.70. The topological polar surface area (TPSA) is 102 Å². The van der Waals surface area contributed by atoms with E-state index in [1.54, 1.807) is 6.20 Å². The SMILES string of the molecule is C=C(N)c1cc(-c2ccnc(NC(=O)[C@H]3CCC[C@@H](NC(C)=O)C3)c2)c2n1CC(C)(C)C2. The largest absolute Gasteiger partial charge is 0.398 e. The second kappa shape index (κ2) is 8.45. The number of rotatable bonds is 5. The monoisotopic (exact) mass is 435 g/mol. The third kappa shape index (κ3) is 4.56. The average Bonchev–Trinajstić information content (AvgIpc) is 3.20. The molecule has 1 saturated carbocycles. The van der Waals surface area contributed by atoms with E-state index in [-0.39, 0.29) is 29.2 Å². The highest BCUT2D eigenvalue weighted by Crippen LogP contribution is 2.41. The first-order valence-electron chi connectivity index (χ1n) is 11.3. The van der Waals surface area contributed by atoms with Crippen LogP contribution in [0.1, 0.15) is 57.8 Å². The Morgan fingerprint density at radius 3 is 2.78 bits per heavy atom. The van der Waals surface area contributed by atoms with Gasteiger partial charge in [-0.25, -0.2) is 4.98 Å². The predicted molar refractivity (Wildman–Crippen MR) is 127 cm³/mol. The quantitative estimate of drug-likeness (QED) is 0.666. The van der Waals surface area contributed by atoms with Crippen LogP contribution in [0.4, 0.5) is 5.82 Å². The molecule has 0 bridgehead atoms. The number of carbonyl (C=O) groups excluding carboxylic acids is 2. The van der Waals surface area contributed by atoms with E-state index in [0.717, 1.165) is 49.0 Å². The number of aromatic nitrogens is 2. The third-order valence-corrected chi connectivity index (χ3v) is 6.54. The Labute approximate surface area is 189 Å². The lowest BCUT2D eigenvalue weighted by atomic mass is 9.85.